The number of amides is 2. The highest BCUT2D eigenvalue weighted by Crippen LogP contribution is 2.35. The van der Waals surface area contributed by atoms with Gasteiger partial charge in [0.2, 0.25) is 11.8 Å². The second-order valence-electron chi connectivity index (χ2n) is 11.0. The summed E-state index contributed by atoms with van der Waals surface area (Å²) in [5.74, 6) is -1.03. The van der Waals surface area contributed by atoms with Gasteiger partial charge in [-0.25, -0.2) is 22.2 Å². The molecular weight excluding hydrogens is 623 g/mol. The Hall–Kier alpha value is -5.14. The van der Waals surface area contributed by atoms with Gasteiger partial charge in [-0.2, -0.15) is 4.98 Å². The number of methoxy groups -OCH3 is 1. The first-order chi connectivity index (χ1) is 22.5. The molecule has 0 aliphatic carbocycles. The molecule has 2 N–H and O–H groups in total. The van der Waals surface area contributed by atoms with Gasteiger partial charge in [-0.05, 0) is 86.6 Å². The third-order valence-electron chi connectivity index (χ3n) is 7.66. The zero-order chi connectivity index (χ0) is 33.7. The van der Waals surface area contributed by atoms with E-state index in [2.05, 4.69) is 20.7 Å². The number of anilines is 3. The average Bonchev–Trinajstić information content (AvgIpc) is 3.48. The first kappa shape index (κ1) is 33.2. The lowest BCUT2D eigenvalue weighted by atomic mass is 10.00. The summed E-state index contributed by atoms with van der Waals surface area (Å²) in [6.07, 6.45) is 3.63. The number of ether oxygens (including phenoxy) is 1. The Morgan fingerprint density at radius 2 is 1.70 bits per heavy atom. The molecule has 11 nitrogen and oxygen atoms in total. The number of nitrogens with zero attached hydrogens (tertiary/aromatic N) is 4. The number of sulfone groups is 1. The van der Waals surface area contributed by atoms with Gasteiger partial charge in [-0.3, -0.25) is 9.59 Å². The van der Waals surface area contributed by atoms with Crippen LogP contribution in [0.2, 0.25) is 0 Å². The molecule has 0 aliphatic heterocycles. The predicted octanol–water partition coefficient (Wildman–Crippen LogP) is 5.35. The van der Waals surface area contributed by atoms with Gasteiger partial charge in [0.25, 0.3) is 5.95 Å². The molecular formula is C34H35FN6O5S. The number of hydrogen-bond acceptors (Lipinski definition) is 8. The highest BCUT2D eigenvalue weighted by atomic mass is 32.2. The summed E-state index contributed by atoms with van der Waals surface area (Å²) in [6, 6.07) is 21.1. The number of fused-ring (bicyclic) bond motifs is 1. The number of rotatable bonds is 12. The van der Waals surface area contributed by atoms with Gasteiger partial charge in [0.1, 0.15) is 11.6 Å². The number of carbonyl (C=O) groups excluding carboxylic acids is 2. The van der Waals surface area contributed by atoms with E-state index in [1.807, 2.05) is 18.2 Å². The monoisotopic (exact) mass is 658 g/mol. The highest BCUT2D eigenvalue weighted by molar-refractivity contribution is 7.90. The maximum absolute atomic E-state index is 13.6. The van der Waals surface area contributed by atoms with Crippen molar-refractivity contribution in [2.75, 3.05) is 37.2 Å². The molecule has 0 radical (unpaired) electrons. The van der Waals surface area contributed by atoms with Crippen LogP contribution in [0, 0.1) is 5.82 Å². The van der Waals surface area contributed by atoms with Crippen molar-refractivity contribution in [3.63, 3.8) is 0 Å². The van der Waals surface area contributed by atoms with E-state index in [-0.39, 0.29) is 40.6 Å². The minimum Gasteiger partial charge on any atom is -0.495 e. The van der Waals surface area contributed by atoms with Gasteiger partial charge in [-0.15, -0.1) is 5.10 Å². The number of hydrogen-bond donors (Lipinski definition) is 2. The van der Waals surface area contributed by atoms with Crippen molar-refractivity contribution in [3.8, 4) is 16.9 Å². The minimum atomic E-state index is -3.52. The Kier molecular flexibility index (Phi) is 9.97. The zero-order valence-corrected chi connectivity index (χ0v) is 27.2. The van der Waals surface area contributed by atoms with E-state index in [0.29, 0.717) is 35.6 Å². The lowest BCUT2D eigenvalue weighted by Crippen LogP contribution is -2.28. The smallest absolute Gasteiger partial charge is 0.257 e. The molecule has 2 amide bonds. The first-order valence-electron chi connectivity index (χ1n) is 14.9. The molecule has 1 atom stereocenters. The van der Waals surface area contributed by atoms with Crippen LogP contribution in [0.15, 0.2) is 90.0 Å². The van der Waals surface area contributed by atoms with Crippen LogP contribution in [0.25, 0.3) is 16.8 Å². The largest absolute Gasteiger partial charge is 0.495 e. The van der Waals surface area contributed by atoms with Crippen molar-refractivity contribution in [3.05, 3.63) is 96.4 Å². The fraction of sp³-hybridized carbons (Fsp3) is 0.235. The topological polar surface area (TPSA) is 135 Å². The molecule has 0 saturated heterocycles. The van der Waals surface area contributed by atoms with Crippen LogP contribution in [0.1, 0.15) is 31.2 Å². The molecule has 0 unspecified atom stereocenters. The molecule has 0 bridgehead atoms. The average molecular weight is 659 g/mol. The third kappa shape index (κ3) is 7.64. The molecule has 2 aromatic heterocycles. The highest BCUT2D eigenvalue weighted by Gasteiger charge is 2.26. The second-order valence-corrected chi connectivity index (χ2v) is 13.0. The molecule has 244 valence electrons. The number of aromatic nitrogens is 3. The second kappa shape index (κ2) is 14.1. The van der Waals surface area contributed by atoms with Crippen molar-refractivity contribution < 1.29 is 27.1 Å². The summed E-state index contributed by atoms with van der Waals surface area (Å²) in [5, 5.41) is 10.5. The summed E-state index contributed by atoms with van der Waals surface area (Å²) in [5.41, 5.74) is 3.79. The summed E-state index contributed by atoms with van der Waals surface area (Å²) < 4.78 is 44.7. The predicted molar refractivity (Wildman–Crippen MR) is 178 cm³/mol. The Morgan fingerprint density at radius 1 is 1.00 bits per heavy atom. The maximum Gasteiger partial charge on any atom is 0.257 e. The molecule has 2 heterocycles. The summed E-state index contributed by atoms with van der Waals surface area (Å²) in [7, 11) is -0.311. The molecule has 5 aromatic rings. The Morgan fingerprint density at radius 3 is 2.36 bits per heavy atom. The number of pyridine rings is 1. The summed E-state index contributed by atoms with van der Waals surface area (Å²) in [4.78, 5) is 32.4. The van der Waals surface area contributed by atoms with Gasteiger partial charge in [-0.1, -0.05) is 24.3 Å². The van der Waals surface area contributed by atoms with E-state index in [1.165, 1.54) is 42.3 Å². The van der Waals surface area contributed by atoms with Crippen LogP contribution >= 0.6 is 0 Å². The summed E-state index contributed by atoms with van der Waals surface area (Å²) in [6.45, 7) is 2.39. The molecule has 0 saturated carbocycles. The fourth-order valence-corrected chi connectivity index (χ4v) is 5.63. The number of halogens is 1. The zero-order valence-electron chi connectivity index (χ0n) is 26.4. The van der Waals surface area contributed by atoms with Crippen LogP contribution in [-0.2, 0) is 19.4 Å². The van der Waals surface area contributed by atoms with E-state index in [4.69, 9.17) is 4.74 Å². The van der Waals surface area contributed by atoms with Gasteiger partial charge in [0.15, 0.2) is 15.5 Å². The maximum atomic E-state index is 13.6. The fourth-order valence-electron chi connectivity index (χ4n) is 4.99. The minimum absolute atomic E-state index is 0.0567. The van der Waals surface area contributed by atoms with Crippen LogP contribution in [0.3, 0.4) is 0 Å². The number of nitrogens with one attached hydrogen (secondary N) is 2. The van der Waals surface area contributed by atoms with Gasteiger partial charge < -0.3 is 15.4 Å². The van der Waals surface area contributed by atoms with E-state index in [0.717, 1.165) is 17.4 Å². The van der Waals surface area contributed by atoms with Crippen LogP contribution < -0.4 is 20.3 Å². The lowest BCUT2D eigenvalue weighted by molar-refractivity contribution is -0.118. The summed E-state index contributed by atoms with van der Waals surface area (Å²) >= 11 is 0. The molecule has 0 fully saturated rings. The standard InChI is InChI=1S/C34H35FN6O5S/c1-22(23-7-12-26(35)13-8-23)33(43)37-27-14-9-24(10-15-27)25-11-18-31-38-34(39-40(31)21-25)41(32(42)6-5-19-36-2)29-17-16-28(47(4,44)45)20-30(29)46-3/h7-18,20-22,36H,5-6,19H2,1-4H3,(H,37,43)/t22-/m1/s1. The molecule has 13 heteroatoms. The molecule has 47 heavy (non-hydrogen) atoms. The van der Waals surface area contributed by atoms with E-state index >= 15 is 0 Å². The van der Waals surface area contributed by atoms with Crippen LogP contribution in [0.5, 0.6) is 5.75 Å². The third-order valence-corrected chi connectivity index (χ3v) is 8.77. The number of carbonyl (C=O) groups is 2. The van der Waals surface area contributed by atoms with Gasteiger partial charge in [0, 0.05) is 36.2 Å². The van der Waals surface area contributed by atoms with Crippen molar-refractivity contribution in [1.82, 2.24) is 19.9 Å². The van der Waals surface area contributed by atoms with Crippen molar-refractivity contribution >= 4 is 44.6 Å². The van der Waals surface area contributed by atoms with Crippen molar-refractivity contribution in [1.29, 1.82) is 0 Å². The normalized spacial score (nSPS) is 12.1. The Bertz CT molecular complexity index is 2010. The molecule has 0 aliphatic rings. The van der Waals surface area contributed by atoms with E-state index in [9.17, 15) is 22.4 Å². The molecule has 0 spiro atoms. The van der Waals surface area contributed by atoms with E-state index < -0.39 is 15.8 Å². The number of benzene rings is 3. The van der Waals surface area contributed by atoms with Crippen LogP contribution in [0.4, 0.5) is 21.7 Å². The quantitative estimate of drug-likeness (QED) is 0.171. The molecule has 3 aromatic carbocycles. The van der Waals surface area contributed by atoms with Crippen LogP contribution in [-0.4, -0.2) is 61.8 Å². The molecule has 5 rings (SSSR count). The lowest BCUT2D eigenvalue weighted by Gasteiger charge is -2.22. The van der Waals surface area contributed by atoms with Gasteiger partial charge >= 0.3 is 0 Å². The van der Waals surface area contributed by atoms with Gasteiger partial charge in [0.05, 0.1) is 23.6 Å². The van der Waals surface area contributed by atoms with Crippen molar-refractivity contribution in [2.45, 2.75) is 30.6 Å². The van der Waals surface area contributed by atoms with Crippen molar-refractivity contribution in [2.24, 2.45) is 0 Å². The Labute approximate surface area is 272 Å². The first-order valence-corrected chi connectivity index (χ1v) is 16.8. The van der Waals surface area contributed by atoms with E-state index in [1.54, 1.807) is 55.0 Å². The SMILES string of the molecule is CNCCCC(=O)N(c1nc2ccc(-c3ccc(NC(=O)[C@H](C)c4ccc(F)cc4)cc3)cn2n1)c1ccc(S(C)(=O)=O)cc1OC. The Balaban J connectivity index is 1.41.